The van der Waals surface area contributed by atoms with Crippen molar-refractivity contribution in [2.75, 3.05) is 6.61 Å². The van der Waals surface area contributed by atoms with E-state index in [0.717, 1.165) is 35.5 Å². The van der Waals surface area contributed by atoms with Crippen LogP contribution in [-0.2, 0) is 12.8 Å². The molecule has 104 valence electrons. The van der Waals surface area contributed by atoms with Gasteiger partial charge in [0.1, 0.15) is 5.75 Å². The summed E-state index contributed by atoms with van der Waals surface area (Å²) in [5.41, 5.74) is 2.12. The van der Waals surface area contributed by atoms with Crippen molar-refractivity contribution in [1.82, 2.24) is 0 Å². The molecule has 0 bridgehead atoms. The van der Waals surface area contributed by atoms with Gasteiger partial charge in [-0.2, -0.15) is 0 Å². The number of fused-ring (bicyclic) bond motifs is 1. The molecule has 2 aromatic rings. The van der Waals surface area contributed by atoms with Crippen molar-refractivity contribution in [3.63, 3.8) is 0 Å². The number of hydrogen-bond acceptors (Lipinski definition) is 3. The Balaban J connectivity index is 1.76. The molecule has 1 aromatic heterocycles. The first kappa shape index (κ1) is 13.4. The minimum absolute atomic E-state index is 0.131. The third kappa shape index (κ3) is 2.63. The maximum absolute atomic E-state index is 12.4. The second-order valence-corrected chi connectivity index (χ2v) is 6.25. The van der Waals surface area contributed by atoms with E-state index in [4.69, 9.17) is 4.74 Å². The molecule has 0 N–H and O–H groups in total. The van der Waals surface area contributed by atoms with Crippen molar-refractivity contribution in [1.29, 1.82) is 0 Å². The molecule has 0 saturated carbocycles. The third-order valence-electron chi connectivity index (χ3n) is 3.56. The van der Waals surface area contributed by atoms with Gasteiger partial charge in [-0.25, -0.2) is 0 Å². The SMILES string of the molecule is CCCOc1ccc(C(=O)c2cc3c(s2)CCC3)cc1. The number of benzene rings is 1. The molecule has 0 fully saturated rings. The molecule has 0 aliphatic heterocycles. The number of ether oxygens (including phenoxy) is 1. The highest BCUT2D eigenvalue weighted by Crippen LogP contribution is 2.32. The molecule has 1 aliphatic carbocycles. The van der Waals surface area contributed by atoms with Gasteiger partial charge >= 0.3 is 0 Å². The van der Waals surface area contributed by atoms with Crippen LogP contribution in [0.5, 0.6) is 5.75 Å². The Morgan fingerprint density at radius 3 is 2.75 bits per heavy atom. The topological polar surface area (TPSA) is 26.3 Å². The molecular weight excluding hydrogens is 268 g/mol. The fourth-order valence-electron chi connectivity index (χ4n) is 2.51. The van der Waals surface area contributed by atoms with Crippen molar-refractivity contribution in [2.45, 2.75) is 32.6 Å². The maximum Gasteiger partial charge on any atom is 0.202 e. The lowest BCUT2D eigenvalue weighted by molar-refractivity contribution is 0.104. The number of thiophene rings is 1. The second-order valence-electron chi connectivity index (χ2n) is 5.11. The molecular formula is C17H18O2S. The summed E-state index contributed by atoms with van der Waals surface area (Å²) in [4.78, 5) is 14.7. The van der Waals surface area contributed by atoms with Crippen molar-refractivity contribution < 1.29 is 9.53 Å². The van der Waals surface area contributed by atoms with E-state index >= 15 is 0 Å². The average molecular weight is 286 g/mol. The first-order valence-corrected chi connectivity index (χ1v) is 7.98. The van der Waals surface area contributed by atoms with Crippen LogP contribution in [-0.4, -0.2) is 12.4 Å². The van der Waals surface area contributed by atoms with Crippen LogP contribution in [0.25, 0.3) is 0 Å². The molecule has 0 radical (unpaired) electrons. The normalized spacial score (nSPS) is 13.2. The maximum atomic E-state index is 12.4. The summed E-state index contributed by atoms with van der Waals surface area (Å²) >= 11 is 1.66. The molecule has 1 aliphatic rings. The predicted octanol–water partition coefficient (Wildman–Crippen LogP) is 4.26. The third-order valence-corrected chi connectivity index (χ3v) is 4.80. The van der Waals surface area contributed by atoms with E-state index in [2.05, 4.69) is 13.0 Å². The lowest BCUT2D eigenvalue weighted by Gasteiger charge is -2.05. The lowest BCUT2D eigenvalue weighted by Crippen LogP contribution is -2.00. The number of aryl methyl sites for hydroxylation is 2. The van der Waals surface area contributed by atoms with Crippen LogP contribution in [0.15, 0.2) is 30.3 Å². The van der Waals surface area contributed by atoms with Crippen LogP contribution in [0.3, 0.4) is 0 Å². The van der Waals surface area contributed by atoms with Gasteiger partial charge in [0.05, 0.1) is 11.5 Å². The first-order valence-electron chi connectivity index (χ1n) is 7.17. The molecule has 0 spiro atoms. The Bertz CT molecular complexity index is 589. The van der Waals surface area contributed by atoms with Crippen molar-refractivity contribution in [3.8, 4) is 5.75 Å². The zero-order valence-electron chi connectivity index (χ0n) is 11.6. The van der Waals surface area contributed by atoms with Crippen LogP contribution >= 0.6 is 11.3 Å². The molecule has 0 unspecified atom stereocenters. The lowest BCUT2D eigenvalue weighted by atomic mass is 10.1. The summed E-state index contributed by atoms with van der Waals surface area (Å²) in [5, 5.41) is 0. The van der Waals surface area contributed by atoms with E-state index in [9.17, 15) is 4.79 Å². The quantitative estimate of drug-likeness (QED) is 0.768. The fraction of sp³-hybridized carbons (Fsp3) is 0.353. The summed E-state index contributed by atoms with van der Waals surface area (Å²) in [5.74, 6) is 0.962. The van der Waals surface area contributed by atoms with Gasteiger partial charge < -0.3 is 4.74 Å². The molecule has 2 nitrogen and oxygen atoms in total. The van der Waals surface area contributed by atoms with Gasteiger partial charge in [-0.15, -0.1) is 11.3 Å². The molecule has 1 aromatic carbocycles. The Morgan fingerprint density at radius 1 is 1.25 bits per heavy atom. The predicted molar refractivity (Wildman–Crippen MR) is 82.0 cm³/mol. The Morgan fingerprint density at radius 2 is 2.05 bits per heavy atom. The van der Waals surface area contributed by atoms with Gasteiger partial charge in [0, 0.05) is 10.4 Å². The summed E-state index contributed by atoms with van der Waals surface area (Å²) in [6.07, 6.45) is 4.49. The molecule has 0 saturated heterocycles. The Hall–Kier alpha value is -1.61. The smallest absolute Gasteiger partial charge is 0.202 e. The highest BCUT2D eigenvalue weighted by atomic mass is 32.1. The fourth-order valence-corrected chi connectivity index (χ4v) is 3.72. The minimum atomic E-state index is 0.131. The summed E-state index contributed by atoms with van der Waals surface area (Å²) < 4.78 is 5.54. The summed E-state index contributed by atoms with van der Waals surface area (Å²) in [7, 11) is 0. The van der Waals surface area contributed by atoms with Crippen LogP contribution in [0.2, 0.25) is 0 Å². The zero-order valence-corrected chi connectivity index (χ0v) is 12.5. The molecule has 20 heavy (non-hydrogen) atoms. The number of hydrogen-bond donors (Lipinski definition) is 0. The number of carbonyl (C=O) groups is 1. The Kier molecular flexibility index (Phi) is 3.88. The van der Waals surface area contributed by atoms with Gasteiger partial charge in [-0.05, 0) is 61.6 Å². The van der Waals surface area contributed by atoms with E-state index in [1.807, 2.05) is 24.3 Å². The standard InChI is InChI=1S/C17H18O2S/c1-2-10-19-14-8-6-12(7-9-14)17(18)16-11-13-4-3-5-15(13)20-16/h6-9,11H,2-5,10H2,1H3. The monoisotopic (exact) mass is 286 g/mol. The summed E-state index contributed by atoms with van der Waals surface area (Å²) in [6.45, 7) is 2.79. The van der Waals surface area contributed by atoms with E-state index in [1.54, 1.807) is 11.3 Å². The van der Waals surface area contributed by atoms with Gasteiger partial charge in [-0.1, -0.05) is 6.92 Å². The van der Waals surface area contributed by atoms with Crippen molar-refractivity contribution in [2.24, 2.45) is 0 Å². The van der Waals surface area contributed by atoms with Crippen LogP contribution in [0, 0.1) is 0 Å². The molecule has 0 atom stereocenters. The average Bonchev–Trinajstić information content (AvgIpc) is 3.06. The van der Waals surface area contributed by atoms with Gasteiger partial charge in [0.15, 0.2) is 0 Å². The minimum Gasteiger partial charge on any atom is -0.494 e. The van der Waals surface area contributed by atoms with Crippen LogP contribution < -0.4 is 4.74 Å². The number of ketones is 1. The second kappa shape index (κ2) is 5.80. The van der Waals surface area contributed by atoms with E-state index in [0.29, 0.717) is 6.61 Å². The van der Waals surface area contributed by atoms with Crippen LogP contribution in [0.4, 0.5) is 0 Å². The number of rotatable bonds is 5. The highest BCUT2D eigenvalue weighted by Gasteiger charge is 2.19. The van der Waals surface area contributed by atoms with E-state index < -0.39 is 0 Å². The Labute approximate surface area is 123 Å². The van der Waals surface area contributed by atoms with E-state index in [-0.39, 0.29) is 5.78 Å². The largest absolute Gasteiger partial charge is 0.494 e. The van der Waals surface area contributed by atoms with Crippen molar-refractivity contribution in [3.05, 3.63) is 51.2 Å². The summed E-state index contributed by atoms with van der Waals surface area (Å²) in [6, 6.07) is 9.56. The van der Waals surface area contributed by atoms with Gasteiger partial charge in [-0.3, -0.25) is 4.79 Å². The zero-order chi connectivity index (χ0) is 13.9. The number of carbonyl (C=O) groups excluding carboxylic acids is 1. The van der Waals surface area contributed by atoms with Crippen LogP contribution in [0.1, 0.15) is 45.4 Å². The molecule has 0 amide bonds. The molecule has 3 heteroatoms. The van der Waals surface area contributed by atoms with Crippen molar-refractivity contribution >= 4 is 17.1 Å². The van der Waals surface area contributed by atoms with Gasteiger partial charge in [0.2, 0.25) is 5.78 Å². The van der Waals surface area contributed by atoms with Gasteiger partial charge in [0.25, 0.3) is 0 Å². The molecule has 1 heterocycles. The van der Waals surface area contributed by atoms with E-state index in [1.165, 1.54) is 16.9 Å². The molecule has 3 rings (SSSR count). The first-order chi connectivity index (χ1) is 9.78. The highest BCUT2D eigenvalue weighted by molar-refractivity contribution is 7.14.